The first-order chi connectivity index (χ1) is 7.04. The SMILES string of the molecule is CC(=O)N(C(=O)C(C)C)c1ccccc1. The summed E-state index contributed by atoms with van der Waals surface area (Å²) in [4.78, 5) is 24.4. The van der Waals surface area contributed by atoms with Crippen molar-refractivity contribution in [2.24, 2.45) is 5.92 Å². The van der Waals surface area contributed by atoms with Crippen molar-refractivity contribution in [3.05, 3.63) is 30.3 Å². The first-order valence-electron chi connectivity index (χ1n) is 4.93. The summed E-state index contributed by atoms with van der Waals surface area (Å²) < 4.78 is 0. The molecule has 0 aliphatic heterocycles. The molecule has 0 saturated carbocycles. The van der Waals surface area contributed by atoms with Gasteiger partial charge in [0.1, 0.15) is 0 Å². The zero-order chi connectivity index (χ0) is 11.4. The molecule has 0 bridgehead atoms. The van der Waals surface area contributed by atoms with Crippen molar-refractivity contribution in [1.82, 2.24) is 0 Å². The van der Waals surface area contributed by atoms with Crippen molar-refractivity contribution >= 4 is 17.5 Å². The third-order valence-electron chi connectivity index (χ3n) is 2.04. The molecule has 0 radical (unpaired) electrons. The molecule has 3 nitrogen and oxygen atoms in total. The van der Waals surface area contributed by atoms with Gasteiger partial charge >= 0.3 is 0 Å². The Morgan fingerprint density at radius 2 is 1.67 bits per heavy atom. The lowest BCUT2D eigenvalue weighted by atomic mass is 10.1. The van der Waals surface area contributed by atoms with Crippen LogP contribution < -0.4 is 4.90 Å². The number of hydrogen-bond acceptors (Lipinski definition) is 2. The maximum Gasteiger partial charge on any atom is 0.236 e. The number of carbonyl (C=O) groups is 2. The predicted octanol–water partition coefficient (Wildman–Crippen LogP) is 2.22. The number of rotatable bonds is 2. The molecule has 0 aromatic heterocycles. The zero-order valence-electron chi connectivity index (χ0n) is 9.23. The van der Waals surface area contributed by atoms with E-state index in [1.807, 2.05) is 6.07 Å². The van der Waals surface area contributed by atoms with Crippen LogP contribution in [0.1, 0.15) is 20.8 Å². The lowest BCUT2D eigenvalue weighted by Crippen LogP contribution is -2.38. The Hall–Kier alpha value is -1.64. The topological polar surface area (TPSA) is 37.4 Å². The van der Waals surface area contributed by atoms with Gasteiger partial charge in [0.2, 0.25) is 11.8 Å². The molecule has 0 atom stereocenters. The number of benzene rings is 1. The van der Waals surface area contributed by atoms with Crippen LogP contribution in [0.4, 0.5) is 5.69 Å². The highest BCUT2D eigenvalue weighted by Crippen LogP contribution is 2.16. The number of amides is 2. The fourth-order valence-corrected chi connectivity index (χ4v) is 1.30. The minimum absolute atomic E-state index is 0.172. The number of para-hydroxylation sites is 1. The number of nitrogens with zero attached hydrogens (tertiary/aromatic N) is 1. The van der Waals surface area contributed by atoms with E-state index >= 15 is 0 Å². The summed E-state index contributed by atoms with van der Waals surface area (Å²) in [5, 5.41) is 0. The second-order valence-electron chi connectivity index (χ2n) is 3.68. The molecule has 3 heteroatoms. The first-order valence-corrected chi connectivity index (χ1v) is 4.93. The van der Waals surface area contributed by atoms with E-state index in [0.717, 1.165) is 0 Å². The summed E-state index contributed by atoms with van der Waals surface area (Å²) >= 11 is 0. The van der Waals surface area contributed by atoms with E-state index in [9.17, 15) is 9.59 Å². The molecule has 0 fully saturated rings. The van der Waals surface area contributed by atoms with Crippen LogP contribution in [0, 0.1) is 5.92 Å². The van der Waals surface area contributed by atoms with E-state index in [1.54, 1.807) is 38.1 Å². The Kier molecular flexibility index (Phi) is 3.61. The van der Waals surface area contributed by atoms with Crippen molar-refractivity contribution < 1.29 is 9.59 Å². The number of anilines is 1. The van der Waals surface area contributed by atoms with Gasteiger partial charge in [0.25, 0.3) is 0 Å². The average molecular weight is 205 g/mol. The highest BCUT2D eigenvalue weighted by Gasteiger charge is 2.22. The minimum Gasteiger partial charge on any atom is -0.274 e. The predicted molar refractivity (Wildman–Crippen MR) is 59.4 cm³/mol. The van der Waals surface area contributed by atoms with Gasteiger partial charge in [-0.05, 0) is 12.1 Å². The van der Waals surface area contributed by atoms with Crippen LogP contribution in [0.5, 0.6) is 0 Å². The van der Waals surface area contributed by atoms with Gasteiger partial charge in [-0.2, -0.15) is 0 Å². The highest BCUT2D eigenvalue weighted by atomic mass is 16.2. The second kappa shape index (κ2) is 4.73. The maximum absolute atomic E-state index is 11.8. The molecule has 0 saturated heterocycles. The number of hydrogen-bond donors (Lipinski definition) is 0. The van der Waals surface area contributed by atoms with Crippen molar-refractivity contribution in [2.45, 2.75) is 20.8 Å². The van der Waals surface area contributed by atoms with Crippen LogP contribution in [0.2, 0.25) is 0 Å². The molecule has 80 valence electrons. The van der Waals surface area contributed by atoms with E-state index in [-0.39, 0.29) is 17.7 Å². The van der Waals surface area contributed by atoms with Crippen LogP contribution in [-0.4, -0.2) is 11.8 Å². The zero-order valence-corrected chi connectivity index (χ0v) is 9.23. The van der Waals surface area contributed by atoms with E-state index in [1.165, 1.54) is 11.8 Å². The van der Waals surface area contributed by atoms with E-state index in [0.29, 0.717) is 5.69 Å². The molecule has 0 unspecified atom stereocenters. The standard InChI is InChI=1S/C12H15NO2/c1-9(2)12(15)13(10(3)14)11-7-5-4-6-8-11/h4-9H,1-3H3. The second-order valence-corrected chi connectivity index (χ2v) is 3.68. The quantitative estimate of drug-likeness (QED) is 0.742. The molecule has 0 heterocycles. The van der Waals surface area contributed by atoms with Gasteiger partial charge in [0, 0.05) is 12.8 Å². The van der Waals surface area contributed by atoms with Gasteiger partial charge in [0.15, 0.2) is 0 Å². The van der Waals surface area contributed by atoms with E-state index < -0.39 is 0 Å². The summed E-state index contributed by atoms with van der Waals surface area (Å²) in [5.41, 5.74) is 0.628. The van der Waals surface area contributed by atoms with Gasteiger partial charge in [-0.1, -0.05) is 32.0 Å². The van der Waals surface area contributed by atoms with Crippen LogP contribution in [-0.2, 0) is 9.59 Å². The molecule has 2 amide bonds. The highest BCUT2D eigenvalue weighted by molar-refractivity contribution is 6.14. The Morgan fingerprint density at radius 1 is 1.13 bits per heavy atom. The minimum atomic E-state index is -0.250. The number of imide groups is 1. The van der Waals surface area contributed by atoms with Crippen molar-refractivity contribution in [3.8, 4) is 0 Å². The smallest absolute Gasteiger partial charge is 0.236 e. The molecular formula is C12H15NO2. The fourth-order valence-electron chi connectivity index (χ4n) is 1.30. The lowest BCUT2D eigenvalue weighted by molar-refractivity contribution is -0.127. The van der Waals surface area contributed by atoms with E-state index in [2.05, 4.69) is 0 Å². The molecule has 0 spiro atoms. The lowest BCUT2D eigenvalue weighted by Gasteiger charge is -2.20. The Morgan fingerprint density at radius 3 is 2.07 bits per heavy atom. The third-order valence-corrected chi connectivity index (χ3v) is 2.04. The van der Waals surface area contributed by atoms with Gasteiger partial charge in [-0.3, -0.25) is 14.5 Å². The van der Waals surface area contributed by atoms with E-state index in [4.69, 9.17) is 0 Å². The molecule has 1 aromatic rings. The Balaban J connectivity index is 3.05. The summed E-state index contributed by atoms with van der Waals surface area (Å²) in [6, 6.07) is 8.96. The molecule has 0 aliphatic rings. The van der Waals surface area contributed by atoms with Crippen molar-refractivity contribution in [2.75, 3.05) is 4.90 Å². The van der Waals surface area contributed by atoms with Gasteiger partial charge in [0.05, 0.1) is 5.69 Å². The van der Waals surface area contributed by atoms with Crippen LogP contribution in [0.15, 0.2) is 30.3 Å². The first kappa shape index (κ1) is 11.4. The average Bonchev–Trinajstić information content (AvgIpc) is 2.18. The Labute approximate surface area is 89.7 Å². The molecule has 1 aromatic carbocycles. The van der Waals surface area contributed by atoms with Crippen molar-refractivity contribution in [1.29, 1.82) is 0 Å². The van der Waals surface area contributed by atoms with Crippen molar-refractivity contribution in [3.63, 3.8) is 0 Å². The maximum atomic E-state index is 11.8. The summed E-state index contributed by atoms with van der Waals surface area (Å²) in [6.07, 6.45) is 0. The largest absolute Gasteiger partial charge is 0.274 e. The van der Waals surface area contributed by atoms with Crippen LogP contribution >= 0.6 is 0 Å². The fraction of sp³-hybridized carbons (Fsp3) is 0.333. The molecule has 15 heavy (non-hydrogen) atoms. The Bertz CT molecular complexity index is 357. The van der Waals surface area contributed by atoms with Gasteiger partial charge in [-0.15, -0.1) is 0 Å². The van der Waals surface area contributed by atoms with Crippen LogP contribution in [0.25, 0.3) is 0 Å². The van der Waals surface area contributed by atoms with Gasteiger partial charge < -0.3 is 0 Å². The molecule has 1 rings (SSSR count). The molecule has 0 aliphatic carbocycles. The molecule has 0 N–H and O–H groups in total. The third kappa shape index (κ3) is 2.65. The summed E-state index contributed by atoms with van der Waals surface area (Å²) in [5.74, 6) is -0.609. The summed E-state index contributed by atoms with van der Waals surface area (Å²) in [6.45, 7) is 4.95. The monoisotopic (exact) mass is 205 g/mol. The summed E-state index contributed by atoms with van der Waals surface area (Å²) in [7, 11) is 0. The van der Waals surface area contributed by atoms with Gasteiger partial charge in [-0.25, -0.2) is 0 Å². The normalized spacial score (nSPS) is 10.1. The molecular weight excluding hydrogens is 190 g/mol. The number of carbonyl (C=O) groups excluding carboxylic acids is 2. The van der Waals surface area contributed by atoms with Crippen LogP contribution in [0.3, 0.4) is 0 Å².